The molecule has 30 heavy (non-hydrogen) atoms. The molecule has 1 aromatic rings. The molecular formula is C19H29ClN4O4S2. The van der Waals surface area contributed by atoms with Crippen LogP contribution in [-0.4, -0.2) is 64.0 Å². The Morgan fingerprint density at radius 3 is 2.77 bits per heavy atom. The second kappa shape index (κ2) is 8.65. The van der Waals surface area contributed by atoms with Crippen molar-refractivity contribution in [3.05, 3.63) is 34.3 Å². The first-order chi connectivity index (χ1) is 14.1. The van der Waals surface area contributed by atoms with Crippen molar-refractivity contribution in [1.82, 2.24) is 13.9 Å². The van der Waals surface area contributed by atoms with Crippen molar-refractivity contribution in [2.24, 2.45) is 11.1 Å². The van der Waals surface area contributed by atoms with Crippen molar-refractivity contribution in [3.8, 4) is 0 Å². The third kappa shape index (κ3) is 4.85. The van der Waals surface area contributed by atoms with Crippen molar-refractivity contribution in [2.75, 3.05) is 31.9 Å². The molecule has 2 fully saturated rings. The minimum atomic E-state index is -3.80. The van der Waals surface area contributed by atoms with Crippen molar-refractivity contribution in [2.45, 2.75) is 44.2 Å². The van der Waals surface area contributed by atoms with E-state index in [1.54, 1.807) is 4.31 Å². The van der Waals surface area contributed by atoms with Crippen LogP contribution < -0.4 is 9.86 Å². The lowest BCUT2D eigenvalue weighted by molar-refractivity contribution is 0.0220. The summed E-state index contributed by atoms with van der Waals surface area (Å²) < 4.78 is 52.0. The Bertz CT molecular complexity index is 1000. The molecule has 0 bridgehead atoms. The second-order valence-corrected chi connectivity index (χ2v) is 12.4. The molecule has 0 radical (unpaired) electrons. The molecule has 3 N–H and O–H groups in total. The van der Waals surface area contributed by atoms with Gasteiger partial charge < -0.3 is 0 Å². The number of nitrogens with zero attached hydrogens (tertiary/aromatic N) is 2. The van der Waals surface area contributed by atoms with Gasteiger partial charge in [-0.1, -0.05) is 17.7 Å². The molecule has 3 heterocycles. The summed E-state index contributed by atoms with van der Waals surface area (Å²) in [7, 11) is -7.28. The van der Waals surface area contributed by atoms with Gasteiger partial charge in [0.25, 0.3) is 10.2 Å². The van der Waals surface area contributed by atoms with Crippen LogP contribution in [0, 0.1) is 5.92 Å². The lowest BCUT2D eigenvalue weighted by Gasteiger charge is -2.51. The first kappa shape index (κ1) is 22.4. The number of nitrogens with two attached hydrogens (primary N) is 1. The van der Waals surface area contributed by atoms with E-state index >= 15 is 0 Å². The van der Waals surface area contributed by atoms with Gasteiger partial charge >= 0.3 is 0 Å². The topological polar surface area (TPSA) is 113 Å². The number of sulfonamides is 1. The van der Waals surface area contributed by atoms with Crippen LogP contribution in [0.5, 0.6) is 0 Å². The van der Waals surface area contributed by atoms with Crippen LogP contribution >= 0.6 is 11.6 Å². The zero-order valence-corrected chi connectivity index (χ0v) is 19.2. The van der Waals surface area contributed by atoms with Gasteiger partial charge in [-0.3, -0.25) is 4.90 Å². The molecule has 4 rings (SSSR count). The van der Waals surface area contributed by atoms with Crippen LogP contribution in [0.15, 0.2) is 18.2 Å². The molecule has 2 saturated heterocycles. The van der Waals surface area contributed by atoms with Gasteiger partial charge in [-0.15, -0.1) is 0 Å². The largest absolute Gasteiger partial charge is 0.296 e. The van der Waals surface area contributed by atoms with E-state index in [1.165, 1.54) is 11.1 Å². The van der Waals surface area contributed by atoms with E-state index in [-0.39, 0.29) is 30.8 Å². The molecule has 0 amide bonds. The van der Waals surface area contributed by atoms with Gasteiger partial charge in [-0.25, -0.2) is 18.3 Å². The van der Waals surface area contributed by atoms with Crippen LogP contribution in [0.4, 0.5) is 0 Å². The highest BCUT2D eigenvalue weighted by atomic mass is 35.5. The van der Waals surface area contributed by atoms with Gasteiger partial charge in [-0.05, 0) is 61.3 Å². The Labute approximate surface area is 184 Å². The van der Waals surface area contributed by atoms with E-state index in [2.05, 4.69) is 15.7 Å². The molecular weight excluding hydrogens is 448 g/mol. The fourth-order valence-electron chi connectivity index (χ4n) is 5.31. The number of benzene rings is 1. The summed E-state index contributed by atoms with van der Waals surface area (Å²) in [5.41, 5.74) is 2.53. The van der Waals surface area contributed by atoms with E-state index in [0.717, 1.165) is 43.8 Å². The Morgan fingerprint density at radius 2 is 2.00 bits per heavy atom. The van der Waals surface area contributed by atoms with Crippen LogP contribution in [0.2, 0.25) is 5.02 Å². The zero-order chi connectivity index (χ0) is 21.5. The maximum atomic E-state index is 13.1. The van der Waals surface area contributed by atoms with Crippen LogP contribution in [0.1, 0.15) is 42.9 Å². The standard InChI is InChI=1S/C19H29ClN4O4S2/c20-16-4-5-17-14(11-16)6-9-23-13-15-3-1-8-24(18(15)12-19(17)23)29(25,26)10-2-7-22-30(21,27)28/h4-5,11,15,18-19,22H,1-3,6-10,12-13H2,(H2,21,27,28)/t15-,18+,19+/m1/s1. The fraction of sp³-hybridized carbons (Fsp3) is 0.684. The highest BCUT2D eigenvalue weighted by Crippen LogP contribution is 2.44. The van der Waals surface area contributed by atoms with Gasteiger partial charge in [0, 0.05) is 43.3 Å². The summed E-state index contributed by atoms with van der Waals surface area (Å²) in [5.74, 6) is 0.250. The van der Waals surface area contributed by atoms with E-state index < -0.39 is 20.2 Å². The van der Waals surface area contributed by atoms with Crippen LogP contribution in [0.3, 0.4) is 0 Å². The molecule has 3 aliphatic rings. The van der Waals surface area contributed by atoms with Gasteiger partial charge in [0.05, 0.1) is 5.75 Å². The number of fused-ring (bicyclic) bond motifs is 4. The number of halogens is 1. The molecule has 1 aromatic carbocycles. The van der Waals surface area contributed by atoms with Crippen LogP contribution in [-0.2, 0) is 26.7 Å². The molecule has 168 valence electrons. The molecule has 8 nitrogen and oxygen atoms in total. The Hall–Kier alpha value is -0.750. The number of hydrogen-bond acceptors (Lipinski definition) is 5. The normalized spacial score (nSPS) is 27.9. The van der Waals surface area contributed by atoms with Gasteiger partial charge in [0.15, 0.2) is 0 Å². The fourth-order valence-corrected chi connectivity index (χ4v) is 7.76. The first-order valence-electron chi connectivity index (χ1n) is 10.4. The molecule has 0 unspecified atom stereocenters. The predicted molar refractivity (Wildman–Crippen MR) is 117 cm³/mol. The molecule has 11 heteroatoms. The average Bonchev–Trinajstić information content (AvgIpc) is 2.68. The first-order valence-corrected chi connectivity index (χ1v) is 14.0. The summed E-state index contributed by atoms with van der Waals surface area (Å²) >= 11 is 6.18. The third-order valence-electron chi connectivity index (χ3n) is 6.61. The monoisotopic (exact) mass is 476 g/mol. The maximum absolute atomic E-state index is 13.1. The van der Waals surface area contributed by atoms with Crippen molar-refractivity contribution >= 4 is 31.8 Å². The van der Waals surface area contributed by atoms with E-state index in [1.807, 2.05) is 12.1 Å². The van der Waals surface area contributed by atoms with Crippen LogP contribution in [0.25, 0.3) is 0 Å². The Balaban J connectivity index is 1.49. The van der Waals surface area contributed by atoms with Crippen molar-refractivity contribution < 1.29 is 16.8 Å². The van der Waals surface area contributed by atoms with Crippen molar-refractivity contribution in [3.63, 3.8) is 0 Å². The quantitative estimate of drug-likeness (QED) is 0.600. The number of piperidine rings is 2. The van der Waals surface area contributed by atoms with Gasteiger partial charge in [-0.2, -0.15) is 12.7 Å². The smallest absolute Gasteiger partial charge is 0.274 e. The molecule has 3 atom stereocenters. The van der Waals surface area contributed by atoms with E-state index in [9.17, 15) is 16.8 Å². The molecule has 0 saturated carbocycles. The SMILES string of the molecule is NS(=O)(=O)NCCCS(=O)(=O)N1CCC[C@@H]2CN3CCc4cc(Cl)ccc4[C@@H]3C[C@@H]21. The summed E-state index contributed by atoms with van der Waals surface area (Å²) in [6, 6.07) is 6.25. The second-order valence-electron chi connectivity index (χ2n) is 8.53. The lowest BCUT2D eigenvalue weighted by Crippen LogP contribution is -2.57. The number of rotatable bonds is 6. The number of nitrogens with one attached hydrogen (secondary N) is 1. The Kier molecular flexibility index (Phi) is 6.47. The third-order valence-corrected chi connectivity index (χ3v) is 9.43. The summed E-state index contributed by atoms with van der Waals surface area (Å²) in [5, 5.41) is 5.66. The van der Waals surface area contributed by atoms with E-state index in [0.29, 0.717) is 12.5 Å². The van der Waals surface area contributed by atoms with E-state index in [4.69, 9.17) is 16.7 Å². The highest BCUT2D eigenvalue weighted by molar-refractivity contribution is 7.89. The summed E-state index contributed by atoms with van der Waals surface area (Å²) in [6.07, 6.45) is 3.86. The van der Waals surface area contributed by atoms with Gasteiger partial charge in [0.2, 0.25) is 10.0 Å². The molecule has 3 aliphatic heterocycles. The summed E-state index contributed by atoms with van der Waals surface area (Å²) in [4.78, 5) is 2.50. The lowest BCUT2D eigenvalue weighted by atomic mass is 9.77. The summed E-state index contributed by atoms with van der Waals surface area (Å²) in [6.45, 7) is 2.44. The minimum Gasteiger partial charge on any atom is -0.296 e. The Morgan fingerprint density at radius 1 is 1.20 bits per heavy atom. The number of hydrogen-bond donors (Lipinski definition) is 2. The maximum Gasteiger partial charge on any atom is 0.274 e. The zero-order valence-electron chi connectivity index (χ0n) is 16.8. The highest BCUT2D eigenvalue weighted by Gasteiger charge is 2.45. The molecule has 0 spiro atoms. The molecule has 0 aliphatic carbocycles. The predicted octanol–water partition coefficient (Wildman–Crippen LogP) is 1.24. The molecule has 0 aromatic heterocycles. The van der Waals surface area contributed by atoms with Crippen molar-refractivity contribution in [1.29, 1.82) is 0 Å². The average molecular weight is 477 g/mol. The minimum absolute atomic E-state index is 0.0159. The van der Waals surface area contributed by atoms with Gasteiger partial charge in [0.1, 0.15) is 0 Å².